The minimum absolute atomic E-state index is 0.118. The van der Waals surface area contributed by atoms with Crippen LogP contribution in [0.25, 0.3) is 0 Å². The molecule has 3 heteroatoms. The Kier molecular flexibility index (Phi) is 3.15. The molecule has 2 nitrogen and oxygen atoms in total. The third-order valence-electron chi connectivity index (χ3n) is 3.73. The van der Waals surface area contributed by atoms with Gasteiger partial charge < -0.3 is 0 Å². The summed E-state index contributed by atoms with van der Waals surface area (Å²) < 4.78 is 0.816. The molecule has 0 aromatic heterocycles. The topological polar surface area (TPSA) is 34.1 Å². The SMILES string of the molecule is C=C(Br)C[C@]12CC=CC(=O)[C@@H]1CCCC2=O. The summed E-state index contributed by atoms with van der Waals surface area (Å²) >= 11 is 3.33. The largest absolute Gasteiger partial charge is 0.299 e. The lowest BCUT2D eigenvalue weighted by Gasteiger charge is -2.43. The van der Waals surface area contributed by atoms with Crippen molar-refractivity contribution in [2.75, 3.05) is 0 Å². The molecule has 0 aromatic carbocycles. The van der Waals surface area contributed by atoms with Crippen LogP contribution in [0.5, 0.6) is 0 Å². The lowest BCUT2D eigenvalue weighted by molar-refractivity contribution is -0.142. The minimum Gasteiger partial charge on any atom is -0.299 e. The molecule has 2 rings (SSSR count). The third-order valence-corrected chi connectivity index (χ3v) is 4.01. The first-order valence-electron chi connectivity index (χ1n) is 5.63. The van der Waals surface area contributed by atoms with E-state index in [1.165, 1.54) is 0 Å². The zero-order valence-electron chi connectivity index (χ0n) is 9.17. The fourth-order valence-electron chi connectivity index (χ4n) is 2.99. The van der Waals surface area contributed by atoms with Gasteiger partial charge >= 0.3 is 0 Å². The number of halogens is 1. The van der Waals surface area contributed by atoms with Gasteiger partial charge in [-0.15, -0.1) is 0 Å². The Morgan fingerprint density at radius 1 is 1.56 bits per heavy atom. The highest BCUT2D eigenvalue weighted by Crippen LogP contribution is 2.49. The van der Waals surface area contributed by atoms with Crippen molar-refractivity contribution in [3.05, 3.63) is 23.2 Å². The maximum atomic E-state index is 12.2. The number of carbonyl (C=O) groups excluding carboxylic acids is 2. The van der Waals surface area contributed by atoms with Crippen molar-refractivity contribution in [1.82, 2.24) is 0 Å². The molecular formula is C13H15BrO2. The quantitative estimate of drug-likeness (QED) is 0.780. The highest BCUT2D eigenvalue weighted by atomic mass is 79.9. The lowest BCUT2D eigenvalue weighted by Crippen LogP contribution is -2.46. The molecule has 0 aromatic rings. The lowest BCUT2D eigenvalue weighted by atomic mass is 9.58. The number of hydrogen-bond acceptors (Lipinski definition) is 2. The molecule has 1 fully saturated rings. The first-order chi connectivity index (χ1) is 7.56. The van der Waals surface area contributed by atoms with Gasteiger partial charge in [-0.1, -0.05) is 28.6 Å². The second-order valence-corrected chi connectivity index (χ2v) is 5.85. The molecule has 16 heavy (non-hydrogen) atoms. The molecule has 0 amide bonds. The molecule has 86 valence electrons. The molecule has 0 aliphatic heterocycles. The van der Waals surface area contributed by atoms with Gasteiger partial charge in [-0.05, 0) is 36.2 Å². The van der Waals surface area contributed by atoms with Gasteiger partial charge in [-0.25, -0.2) is 0 Å². The van der Waals surface area contributed by atoms with Crippen molar-refractivity contribution in [3.63, 3.8) is 0 Å². The van der Waals surface area contributed by atoms with Gasteiger partial charge in [0.15, 0.2) is 5.78 Å². The molecule has 0 saturated heterocycles. The molecule has 2 aliphatic rings. The molecule has 0 radical (unpaired) electrons. The van der Waals surface area contributed by atoms with Crippen LogP contribution in [-0.4, -0.2) is 11.6 Å². The number of rotatable bonds is 2. The van der Waals surface area contributed by atoms with Gasteiger partial charge in [-0.2, -0.15) is 0 Å². The summed E-state index contributed by atoms with van der Waals surface area (Å²) in [6, 6.07) is 0. The van der Waals surface area contributed by atoms with Crippen molar-refractivity contribution in [2.24, 2.45) is 11.3 Å². The van der Waals surface area contributed by atoms with Gasteiger partial charge in [0, 0.05) is 17.8 Å². The minimum atomic E-state index is -0.495. The molecule has 0 spiro atoms. The molecule has 0 heterocycles. The van der Waals surface area contributed by atoms with E-state index < -0.39 is 5.41 Å². The molecule has 2 aliphatic carbocycles. The summed E-state index contributed by atoms with van der Waals surface area (Å²) in [6.45, 7) is 3.82. The van der Waals surface area contributed by atoms with E-state index in [9.17, 15) is 9.59 Å². The molecule has 2 atom stereocenters. The average Bonchev–Trinajstić information content (AvgIpc) is 2.20. The average molecular weight is 283 g/mol. The highest BCUT2D eigenvalue weighted by molar-refractivity contribution is 9.11. The van der Waals surface area contributed by atoms with Crippen LogP contribution in [0.4, 0.5) is 0 Å². The number of fused-ring (bicyclic) bond motifs is 1. The van der Waals surface area contributed by atoms with E-state index in [4.69, 9.17) is 0 Å². The fraction of sp³-hybridized carbons (Fsp3) is 0.538. The smallest absolute Gasteiger partial charge is 0.159 e. The second kappa shape index (κ2) is 4.28. The number of hydrogen-bond donors (Lipinski definition) is 0. The predicted octanol–water partition coefficient (Wildman–Crippen LogP) is 3.17. The van der Waals surface area contributed by atoms with E-state index in [2.05, 4.69) is 22.5 Å². The number of allylic oxidation sites excluding steroid dienone is 3. The fourth-order valence-corrected chi connectivity index (χ4v) is 3.50. The Hall–Kier alpha value is -0.700. The molecule has 0 unspecified atom stereocenters. The van der Waals surface area contributed by atoms with Crippen LogP contribution >= 0.6 is 15.9 Å². The Morgan fingerprint density at radius 2 is 2.31 bits per heavy atom. The maximum absolute atomic E-state index is 12.2. The summed E-state index contributed by atoms with van der Waals surface area (Å²) in [4.78, 5) is 24.1. The Balaban J connectivity index is 2.39. The Morgan fingerprint density at radius 3 is 3.00 bits per heavy atom. The maximum Gasteiger partial charge on any atom is 0.159 e. The van der Waals surface area contributed by atoms with Crippen molar-refractivity contribution in [2.45, 2.75) is 32.1 Å². The molecular weight excluding hydrogens is 268 g/mol. The standard InChI is InChI=1S/C13H15BrO2/c1-9(14)8-13-7-3-5-11(15)10(13)4-2-6-12(13)16/h3,5,10H,1-2,4,6-8H2/t10-,13+/m0/s1. The van der Waals surface area contributed by atoms with E-state index in [0.717, 1.165) is 17.3 Å². The van der Waals surface area contributed by atoms with Gasteiger partial charge in [-0.3, -0.25) is 9.59 Å². The van der Waals surface area contributed by atoms with E-state index in [-0.39, 0.29) is 17.5 Å². The summed E-state index contributed by atoms with van der Waals surface area (Å²) in [7, 11) is 0. The first-order valence-corrected chi connectivity index (χ1v) is 6.42. The van der Waals surface area contributed by atoms with Crippen LogP contribution in [0.1, 0.15) is 32.1 Å². The van der Waals surface area contributed by atoms with Crippen LogP contribution in [0.15, 0.2) is 23.2 Å². The number of ketones is 2. The van der Waals surface area contributed by atoms with Crippen molar-refractivity contribution >= 4 is 27.5 Å². The number of Topliss-reactive ketones (excluding diaryl/α,β-unsaturated/α-hetero) is 1. The summed E-state index contributed by atoms with van der Waals surface area (Å²) in [6.07, 6.45) is 7.06. The number of carbonyl (C=O) groups is 2. The van der Waals surface area contributed by atoms with Gasteiger partial charge in [0.2, 0.25) is 0 Å². The molecule has 0 bridgehead atoms. The second-order valence-electron chi connectivity index (χ2n) is 4.73. The normalized spacial score (nSPS) is 33.7. The van der Waals surface area contributed by atoms with Gasteiger partial charge in [0.1, 0.15) is 5.78 Å². The third kappa shape index (κ3) is 1.81. The van der Waals surface area contributed by atoms with E-state index in [1.54, 1.807) is 6.08 Å². The highest BCUT2D eigenvalue weighted by Gasteiger charge is 2.50. The van der Waals surface area contributed by atoms with Gasteiger partial charge in [0.25, 0.3) is 0 Å². The molecule has 1 saturated carbocycles. The summed E-state index contributed by atoms with van der Waals surface area (Å²) in [5, 5.41) is 0. The van der Waals surface area contributed by atoms with Crippen LogP contribution in [0.2, 0.25) is 0 Å². The monoisotopic (exact) mass is 282 g/mol. The predicted molar refractivity (Wildman–Crippen MR) is 66.2 cm³/mol. The Bertz CT molecular complexity index is 383. The van der Waals surface area contributed by atoms with Crippen LogP contribution in [0, 0.1) is 11.3 Å². The summed E-state index contributed by atoms with van der Waals surface area (Å²) in [5.74, 6) is 0.239. The first kappa shape index (κ1) is 11.8. The Labute approximate surface area is 104 Å². The van der Waals surface area contributed by atoms with Gasteiger partial charge in [0.05, 0.1) is 0 Å². The van der Waals surface area contributed by atoms with Crippen LogP contribution in [-0.2, 0) is 9.59 Å². The van der Waals surface area contributed by atoms with E-state index >= 15 is 0 Å². The van der Waals surface area contributed by atoms with E-state index in [1.807, 2.05) is 6.08 Å². The van der Waals surface area contributed by atoms with E-state index in [0.29, 0.717) is 19.3 Å². The van der Waals surface area contributed by atoms with Crippen molar-refractivity contribution < 1.29 is 9.59 Å². The van der Waals surface area contributed by atoms with Crippen molar-refractivity contribution in [3.8, 4) is 0 Å². The summed E-state index contributed by atoms with van der Waals surface area (Å²) in [5.41, 5.74) is -0.495. The molecule has 0 N–H and O–H groups in total. The van der Waals surface area contributed by atoms with Crippen LogP contribution in [0.3, 0.4) is 0 Å². The van der Waals surface area contributed by atoms with Crippen molar-refractivity contribution in [1.29, 1.82) is 0 Å². The zero-order valence-corrected chi connectivity index (χ0v) is 10.8. The van der Waals surface area contributed by atoms with Crippen LogP contribution < -0.4 is 0 Å². The zero-order chi connectivity index (χ0) is 11.8.